The largest absolute Gasteiger partial charge is 0.478 e. The summed E-state index contributed by atoms with van der Waals surface area (Å²) in [5, 5.41) is 13.1. The van der Waals surface area contributed by atoms with Crippen molar-refractivity contribution in [3.8, 4) is 0 Å². The quantitative estimate of drug-likeness (QED) is 0.684. The van der Waals surface area contributed by atoms with Crippen molar-refractivity contribution in [1.29, 1.82) is 0 Å². The minimum Gasteiger partial charge on any atom is -0.478 e. The highest BCUT2D eigenvalue weighted by Gasteiger charge is 2.17. The monoisotopic (exact) mass is 216 g/mol. The first kappa shape index (κ1) is 9.27. The molecule has 0 amide bonds. The molecule has 0 radical (unpaired) electrons. The molecule has 0 unspecified atom stereocenters. The summed E-state index contributed by atoms with van der Waals surface area (Å²) in [6, 6.07) is 3.91. The van der Waals surface area contributed by atoms with E-state index in [4.69, 9.17) is 5.11 Å². The standard InChI is InChI=1S/C12H12N2O2/c15-12(16)9-6-14-11-8(9)4-3-7-2-1-5-13-10(7)11/h3-4,6,13-14H,1-2,5H2,(H,15,16). The number of aromatic amines is 1. The number of benzene rings is 1. The number of H-pyrrole nitrogens is 1. The van der Waals surface area contributed by atoms with Crippen LogP contribution in [0.15, 0.2) is 18.3 Å². The van der Waals surface area contributed by atoms with E-state index in [9.17, 15) is 4.79 Å². The molecule has 1 aliphatic heterocycles. The van der Waals surface area contributed by atoms with Gasteiger partial charge >= 0.3 is 5.97 Å². The normalized spacial score (nSPS) is 14.5. The van der Waals surface area contributed by atoms with Crippen LogP contribution < -0.4 is 5.32 Å². The first-order valence-corrected chi connectivity index (χ1v) is 5.37. The summed E-state index contributed by atoms with van der Waals surface area (Å²) < 4.78 is 0. The average molecular weight is 216 g/mol. The number of carboxylic acid groups (broad SMARTS) is 1. The van der Waals surface area contributed by atoms with Crippen LogP contribution in [-0.4, -0.2) is 22.6 Å². The molecule has 2 heterocycles. The lowest BCUT2D eigenvalue weighted by Crippen LogP contribution is -2.11. The van der Waals surface area contributed by atoms with E-state index in [1.165, 1.54) is 5.56 Å². The van der Waals surface area contributed by atoms with Gasteiger partial charge < -0.3 is 15.4 Å². The minimum absolute atomic E-state index is 0.338. The Balaban J connectivity index is 2.29. The fourth-order valence-corrected chi connectivity index (χ4v) is 2.32. The average Bonchev–Trinajstić information content (AvgIpc) is 2.73. The number of hydrogen-bond acceptors (Lipinski definition) is 2. The number of nitrogens with one attached hydrogen (secondary N) is 2. The van der Waals surface area contributed by atoms with Crippen molar-refractivity contribution in [1.82, 2.24) is 4.98 Å². The van der Waals surface area contributed by atoms with Gasteiger partial charge in [-0.2, -0.15) is 0 Å². The van der Waals surface area contributed by atoms with E-state index in [0.717, 1.165) is 36.0 Å². The maximum Gasteiger partial charge on any atom is 0.337 e. The van der Waals surface area contributed by atoms with Gasteiger partial charge in [-0.1, -0.05) is 12.1 Å². The number of hydrogen-bond donors (Lipinski definition) is 3. The molecule has 2 aromatic rings. The van der Waals surface area contributed by atoms with E-state index >= 15 is 0 Å². The first-order valence-electron chi connectivity index (χ1n) is 5.37. The summed E-state index contributed by atoms with van der Waals surface area (Å²) in [6.07, 6.45) is 3.74. The molecule has 3 rings (SSSR count). The van der Waals surface area contributed by atoms with E-state index < -0.39 is 5.97 Å². The van der Waals surface area contributed by atoms with E-state index in [1.807, 2.05) is 12.1 Å². The third kappa shape index (κ3) is 1.19. The SMILES string of the molecule is O=C(O)c1c[nH]c2c3c(ccc12)CCCN3. The van der Waals surface area contributed by atoms with Crippen LogP contribution in [0.25, 0.3) is 10.9 Å². The molecular weight excluding hydrogens is 204 g/mol. The number of aromatic nitrogens is 1. The Morgan fingerprint density at radius 3 is 3.06 bits per heavy atom. The van der Waals surface area contributed by atoms with Crippen LogP contribution >= 0.6 is 0 Å². The predicted molar refractivity (Wildman–Crippen MR) is 62.1 cm³/mol. The van der Waals surface area contributed by atoms with Crippen LogP contribution in [0.2, 0.25) is 0 Å². The highest BCUT2D eigenvalue weighted by atomic mass is 16.4. The number of carboxylic acids is 1. The summed E-state index contributed by atoms with van der Waals surface area (Å²) in [5.41, 5.74) is 3.58. The fraction of sp³-hybridized carbons (Fsp3) is 0.250. The van der Waals surface area contributed by atoms with Crippen LogP contribution in [0.5, 0.6) is 0 Å². The Kier molecular flexibility index (Phi) is 1.89. The van der Waals surface area contributed by atoms with Gasteiger partial charge in [0.05, 0.1) is 16.8 Å². The van der Waals surface area contributed by atoms with Crippen molar-refractivity contribution < 1.29 is 9.90 Å². The van der Waals surface area contributed by atoms with Gasteiger partial charge in [0.2, 0.25) is 0 Å². The van der Waals surface area contributed by atoms with Crippen molar-refractivity contribution >= 4 is 22.6 Å². The van der Waals surface area contributed by atoms with Gasteiger partial charge in [-0.25, -0.2) is 4.79 Å². The fourth-order valence-electron chi connectivity index (χ4n) is 2.32. The second-order valence-electron chi connectivity index (χ2n) is 4.06. The Labute approximate surface area is 92.3 Å². The zero-order chi connectivity index (χ0) is 11.1. The second kappa shape index (κ2) is 3.27. The zero-order valence-corrected chi connectivity index (χ0v) is 8.71. The van der Waals surface area contributed by atoms with Crippen molar-refractivity contribution in [3.05, 3.63) is 29.5 Å². The summed E-state index contributed by atoms with van der Waals surface area (Å²) in [4.78, 5) is 14.1. The second-order valence-corrected chi connectivity index (χ2v) is 4.06. The number of anilines is 1. The molecule has 3 N–H and O–H groups in total. The highest BCUT2D eigenvalue weighted by molar-refractivity contribution is 6.07. The summed E-state index contributed by atoms with van der Waals surface area (Å²) in [7, 11) is 0. The van der Waals surface area contributed by atoms with Gasteiger partial charge in [0.1, 0.15) is 0 Å². The Bertz CT molecular complexity index is 572. The van der Waals surface area contributed by atoms with E-state index in [0.29, 0.717) is 5.56 Å². The first-order chi connectivity index (χ1) is 7.77. The van der Waals surface area contributed by atoms with E-state index in [1.54, 1.807) is 6.20 Å². The van der Waals surface area contributed by atoms with Crippen LogP contribution in [0.4, 0.5) is 5.69 Å². The van der Waals surface area contributed by atoms with Crippen LogP contribution in [0.3, 0.4) is 0 Å². The van der Waals surface area contributed by atoms with Gasteiger partial charge in [0.15, 0.2) is 0 Å². The molecule has 0 saturated carbocycles. The van der Waals surface area contributed by atoms with E-state index in [-0.39, 0.29) is 0 Å². The Morgan fingerprint density at radius 2 is 2.25 bits per heavy atom. The number of aryl methyl sites for hydroxylation is 1. The molecular formula is C12H12N2O2. The summed E-state index contributed by atoms with van der Waals surface area (Å²) in [6.45, 7) is 0.952. The lowest BCUT2D eigenvalue weighted by Gasteiger charge is -2.18. The Hall–Kier alpha value is -1.97. The molecule has 1 aromatic heterocycles. The van der Waals surface area contributed by atoms with Crippen LogP contribution in [0.1, 0.15) is 22.3 Å². The molecule has 0 fully saturated rings. The van der Waals surface area contributed by atoms with E-state index in [2.05, 4.69) is 10.3 Å². The maximum atomic E-state index is 11.0. The smallest absolute Gasteiger partial charge is 0.337 e. The minimum atomic E-state index is -0.887. The number of carbonyl (C=O) groups is 1. The third-order valence-electron chi connectivity index (χ3n) is 3.10. The molecule has 82 valence electrons. The third-order valence-corrected chi connectivity index (χ3v) is 3.10. The molecule has 0 aliphatic carbocycles. The molecule has 1 aromatic carbocycles. The van der Waals surface area contributed by atoms with Crippen molar-refractivity contribution in [2.24, 2.45) is 0 Å². The molecule has 0 spiro atoms. The molecule has 1 aliphatic rings. The van der Waals surface area contributed by atoms with Crippen molar-refractivity contribution in [2.45, 2.75) is 12.8 Å². The topological polar surface area (TPSA) is 65.1 Å². The van der Waals surface area contributed by atoms with Crippen LogP contribution in [0, 0.1) is 0 Å². The number of rotatable bonds is 1. The van der Waals surface area contributed by atoms with Crippen molar-refractivity contribution in [3.63, 3.8) is 0 Å². The van der Waals surface area contributed by atoms with Crippen LogP contribution in [-0.2, 0) is 6.42 Å². The molecule has 16 heavy (non-hydrogen) atoms. The van der Waals surface area contributed by atoms with Gasteiger partial charge in [0.25, 0.3) is 0 Å². The zero-order valence-electron chi connectivity index (χ0n) is 8.71. The lowest BCUT2D eigenvalue weighted by atomic mass is 10.0. The van der Waals surface area contributed by atoms with Crippen molar-refractivity contribution in [2.75, 3.05) is 11.9 Å². The van der Waals surface area contributed by atoms with Gasteiger partial charge in [-0.3, -0.25) is 0 Å². The van der Waals surface area contributed by atoms with Gasteiger partial charge in [-0.05, 0) is 18.4 Å². The number of fused-ring (bicyclic) bond motifs is 3. The van der Waals surface area contributed by atoms with Gasteiger partial charge in [-0.15, -0.1) is 0 Å². The lowest BCUT2D eigenvalue weighted by molar-refractivity contribution is 0.0699. The molecule has 0 bridgehead atoms. The van der Waals surface area contributed by atoms with Gasteiger partial charge in [0, 0.05) is 18.1 Å². The number of aromatic carboxylic acids is 1. The Morgan fingerprint density at radius 1 is 1.38 bits per heavy atom. The molecule has 0 atom stereocenters. The maximum absolute atomic E-state index is 11.0. The summed E-state index contributed by atoms with van der Waals surface area (Å²) >= 11 is 0. The molecule has 4 nitrogen and oxygen atoms in total. The molecule has 4 heteroatoms. The highest BCUT2D eigenvalue weighted by Crippen LogP contribution is 2.31. The predicted octanol–water partition coefficient (Wildman–Crippen LogP) is 2.22. The molecule has 0 saturated heterocycles. The summed E-state index contributed by atoms with van der Waals surface area (Å²) in [5.74, 6) is -0.887.